The van der Waals surface area contributed by atoms with Gasteiger partial charge in [-0.05, 0) is 32.1 Å². The maximum atomic E-state index is 12.5. The van der Waals surface area contributed by atoms with E-state index in [0.717, 1.165) is 18.0 Å². The van der Waals surface area contributed by atoms with Crippen molar-refractivity contribution in [3.05, 3.63) is 4.88 Å². The van der Waals surface area contributed by atoms with Gasteiger partial charge in [-0.1, -0.05) is 24.2 Å². The Balaban J connectivity index is 1.69. The molecule has 110 valence electrons. The predicted octanol–water partition coefficient (Wildman–Crippen LogP) is 2.70. The molecule has 2 fully saturated rings. The van der Waals surface area contributed by atoms with Gasteiger partial charge in [0.05, 0.1) is 0 Å². The smallest absolute Gasteiger partial charge is 0.267 e. The van der Waals surface area contributed by atoms with Gasteiger partial charge in [0, 0.05) is 19.1 Å². The number of rotatable bonds is 4. The number of aromatic nitrogens is 1. The fourth-order valence-electron chi connectivity index (χ4n) is 2.89. The molecule has 1 aromatic heterocycles. The number of thiazole rings is 1. The number of carbonyl (C=O) groups excluding carboxylic acids is 1. The highest BCUT2D eigenvalue weighted by Crippen LogP contribution is 2.31. The third-order valence-corrected chi connectivity index (χ3v) is 5.46. The molecule has 0 aromatic carbocycles. The van der Waals surface area contributed by atoms with Crippen molar-refractivity contribution < 1.29 is 4.79 Å². The largest absolute Gasteiger partial charge is 0.382 e. The van der Waals surface area contributed by atoms with Crippen LogP contribution < -0.4 is 11.1 Å². The van der Waals surface area contributed by atoms with Gasteiger partial charge in [0.25, 0.3) is 5.91 Å². The van der Waals surface area contributed by atoms with Crippen molar-refractivity contribution in [3.63, 3.8) is 0 Å². The lowest BCUT2D eigenvalue weighted by Crippen LogP contribution is -2.35. The summed E-state index contributed by atoms with van der Waals surface area (Å²) in [5.41, 5.74) is 5.93. The molecular formula is C14H22N4OS. The molecule has 5 nitrogen and oxygen atoms in total. The quantitative estimate of drug-likeness (QED) is 0.895. The number of nitrogens with zero attached hydrogens (tertiary/aromatic N) is 2. The van der Waals surface area contributed by atoms with Crippen LogP contribution in [0.4, 0.5) is 10.9 Å². The van der Waals surface area contributed by atoms with E-state index < -0.39 is 0 Å². The Morgan fingerprint density at radius 2 is 2.00 bits per heavy atom. The summed E-state index contributed by atoms with van der Waals surface area (Å²) in [5, 5.41) is 4.15. The van der Waals surface area contributed by atoms with Crippen molar-refractivity contribution in [3.8, 4) is 0 Å². The van der Waals surface area contributed by atoms with Crippen LogP contribution in [0, 0.1) is 0 Å². The van der Waals surface area contributed by atoms with Crippen LogP contribution >= 0.6 is 11.3 Å². The Morgan fingerprint density at radius 3 is 2.60 bits per heavy atom. The summed E-state index contributed by atoms with van der Waals surface area (Å²) < 4.78 is 0. The van der Waals surface area contributed by atoms with Crippen LogP contribution in [0.1, 0.15) is 54.6 Å². The van der Waals surface area contributed by atoms with E-state index in [1.807, 2.05) is 11.9 Å². The van der Waals surface area contributed by atoms with Crippen molar-refractivity contribution in [1.29, 1.82) is 0 Å². The topological polar surface area (TPSA) is 71.2 Å². The number of nitrogens with one attached hydrogen (secondary N) is 1. The lowest BCUT2D eigenvalue weighted by molar-refractivity contribution is 0.0741. The van der Waals surface area contributed by atoms with Crippen LogP contribution in [0.3, 0.4) is 0 Å². The van der Waals surface area contributed by atoms with Crippen molar-refractivity contribution >= 4 is 28.2 Å². The maximum Gasteiger partial charge on any atom is 0.267 e. The highest BCUT2D eigenvalue weighted by atomic mass is 32.1. The van der Waals surface area contributed by atoms with Gasteiger partial charge >= 0.3 is 0 Å². The van der Waals surface area contributed by atoms with E-state index in [2.05, 4.69) is 10.3 Å². The lowest BCUT2D eigenvalue weighted by atomic mass is 9.93. The van der Waals surface area contributed by atoms with Crippen LogP contribution in [0.5, 0.6) is 0 Å². The maximum absolute atomic E-state index is 12.5. The minimum atomic E-state index is 0.0218. The van der Waals surface area contributed by atoms with E-state index in [0.29, 0.717) is 22.8 Å². The standard InChI is InChI=1S/C14H22N4OS/c1-18(10-7-2-3-8-10)13(19)11-12(15)17-14(20-11)16-9-5-4-6-9/h9-10H,2-8,15H2,1H3,(H,16,17). The second-order valence-corrected chi connectivity index (χ2v) is 6.86. The van der Waals surface area contributed by atoms with Crippen molar-refractivity contribution in [2.24, 2.45) is 0 Å². The molecule has 2 saturated carbocycles. The second-order valence-electron chi connectivity index (χ2n) is 5.86. The number of nitrogen functional groups attached to an aromatic ring is 1. The molecule has 0 saturated heterocycles. The monoisotopic (exact) mass is 294 g/mol. The third-order valence-electron chi connectivity index (χ3n) is 4.47. The molecule has 0 unspecified atom stereocenters. The van der Waals surface area contributed by atoms with E-state index in [1.165, 1.54) is 43.4 Å². The Labute approximate surface area is 123 Å². The summed E-state index contributed by atoms with van der Waals surface area (Å²) in [6.45, 7) is 0. The van der Waals surface area contributed by atoms with Gasteiger partial charge in [0.15, 0.2) is 5.13 Å². The molecule has 0 aliphatic heterocycles. The Morgan fingerprint density at radius 1 is 1.30 bits per heavy atom. The Kier molecular flexibility index (Phi) is 3.83. The minimum Gasteiger partial charge on any atom is -0.382 e. The number of nitrogens with two attached hydrogens (primary N) is 1. The Hall–Kier alpha value is -1.30. The number of anilines is 2. The van der Waals surface area contributed by atoms with Crippen molar-refractivity contribution in [2.75, 3.05) is 18.1 Å². The molecule has 3 rings (SSSR count). The first-order chi connectivity index (χ1) is 9.65. The molecule has 1 aromatic rings. The highest BCUT2D eigenvalue weighted by Gasteiger charge is 2.28. The molecular weight excluding hydrogens is 272 g/mol. The molecule has 3 N–H and O–H groups in total. The summed E-state index contributed by atoms with van der Waals surface area (Å²) in [6, 6.07) is 0.878. The van der Waals surface area contributed by atoms with Crippen LogP contribution in [0.15, 0.2) is 0 Å². The van der Waals surface area contributed by atoms with Gasteiger partial charge in [0.1, 0.15) is 10.7 Å². The zero-order valence-electron chi connectivity index (χ0n) is 11.9. The van der Waals surface area contributed by atoms with E-state index in [9.17, 15) is 4.79 Å². The molecule has 0 spiro atoms. The fourth-order valence-corrected chi connectivity index (χ4v) is 3.84. The van der Waals surface area contributed by atoms with Gasteiger partial charge in [0.2, 0.25) is 0 Å². The van der Waals surface area contributed by atoms with Gasteiger partial charge in [-0.15, -0.1) is 0 Å². The first-order valence-electron chi connectivity index (χ1n) is 7.45. The van der Waals surface area contributed by atoms with E-state index in [4.69, 9.17) is 5.73 Å². The normalized spacial score (nSPS) is 19.9. The predicted molar refractivity (Wildman–Crippen MR) is 82.1 cm³/mol. The molecule has 0 bridgehead atoms. The van der Waals surface area contributed by atoms with Crippen LogP contribution in [0.25, 0.3) is 0 Å². The second kappa shape index (κ2) is 5.60. The minimum absolute atomic E-state index is 0.0218. The summed E-state index contributed by atoms with van der Waals surface area (Å²) in [4.78, 5) is 19.3. The first kappa shape index (κ1) is 13.7. The summed E-state index contributed by atoms with van der Waals surface area (Å²) in [5.74, 6) is 0.389. The number of hydrogen-bond donors (Lipinski definition) is 2. The van der Waals surface area contributed by atoms with Gasteiger partial charge in [-0.2, -0.15) is 0 Å². The van der Waals surface area contributed by atoms with E-state index in [-0.39, 0.29) is 5.91 Å². The lowest BCUT2D eigenvalue weighted by Gasteiger charge is -2.25. The fraction of sp³-hybridized carbons (Fsp3) is 0.714. The number of amides is 1. The summed E-state index contributed by atoms with van der Waals surface area (Å²) >= 11 is 1.39. The van der Waals surface area contributed by atoms with Crippen molar-refractivity contribution in [1.82, 2.24) is 9.88 Å². The summed E-state index contributed by atoms with van der Waals surface area (Å²) in [7, 11) is 1.89. The third kappa shape index (κ3) is 2.61. The van der Waals surface area contributed by atoms with Gasteiger partial charge < -0.3 is 16.0 Å². The summed E-state index contributed by atoms with van der Waals surface area (Å²) in [6.07, 6.45) is 8.29. The molecule has 6 heteroatoms. The SMILES string of the molecule is CN(C(=O)c1sc(NC2CCC2)nc1N)C1CCCC1. The van der Waals surface area contributed by atoms with Crippen LogP contribution in [-0.4, -0.2) is 34.9 Å². The molecule has 2 aliphatic rings. The molecule has 0 atom stereocenters. The van der Waals surface area contributed by atoms with Crippen LogP contribution in [-0.2, 0) is 0 Å². The Bertz CT molecular complexity index is 491. The van der Waals surface area contributed by atoms with Crippen molar-refractivity contribution in [2.45, 2.75) is 57.0 Å². The molecule has 20 heavy (non-hydrogen) atoms. The molecule has 2 aliphatic carbocycles. The average Bonchev–Trinajstić information content (AvgIpc) is 3.01. The zero-order chi connectivity index (χ0) is 14.1. The van der Waals surface area contributed by atoms with E-state index >= 15 is 0 Å². The van der Waals surface area contributed by atoms with Gasteiger partial charge in [-0.3, -0.25) is 4.79 Å². The number of carbonyl (C=O) groups is 1. The molecule has 1 heterocycles. The molecule has 1 amide bonds. The first-order valence-corrected chi connectivity index (χ1v) is 8.27. The molecule has 0 radical (unpaired) electrons. The van der Waals surface area contributed by atoms with Gasteiger partial charge in [-0.25, -0.2) is 4.98 Å². The highest BCUT2D eigenvalue weighted by molar-refractivity contribution is 7.18. The zero-order valence-corrected chi connectivity index (χ0v) is 12.7. The van der Waals surface area contributed by atoms with E-state index in [1.54, 1.807) is 0 Å². The van der Waals surface area contributed by atoms with Crippen LogP contribution in [0.2, 0.25) is 0 Å². The average molecular weight is 294 g/mol. The number of hydrogen-bond acceptors (Lipinski definition) is 5.